The van der Waals surface area contributed by atoms with Crippen LogP contribution in [0.15, 0.2) is 35.5 Å². The van der Waals surface area contributed by atoms with Gasteiger partial charge in [0.25, 0.3) is 0 Å². The van der Waals surface area contributed by atoms with Crippen LogP contribution >= 0.6 is 0 Å². The monoisotopic (exact) mass is 356 g/mol. The summed E-state index contributed by atoms with van der Waals surface area (Å²) in [5.74, 6) is 2.28. The highest BCUT2D eigenvalue weighted by Crippen LogP contribution is 2.30. The van der Waals surface area contributed by atoms with Crippen molar-refractivity contribution in [2.24, 2.45) is 4.99 Å². The molecule has 0 bridgehead atoms. The minimum Gasteiger partial charge on any atom is -0.493 e. The number of hydrogen-bond donors (Lipinski definition) is 1. The lowest BCUT2D eigenvalue weighted by atomic mass is 10.1. The Morgan fingerprint density at radius 2 is 1.85 bits per heavy atom. The first-order chi connectivity index (χ1) is 12.5. The van der Waals surface area contributed by atoms with Gasteiger partial charge in [-0.05, 0) is 48.7 Å². The van der Waals surface area contributed by atoms with Crippen LogP contribution in [0.5, 0.6) is 11.5 Å². The predicted octanol–water partition coefficient (Wildman–Crippen LogP) is 2.92. The van der Waals surface area contributed by atoms with Crippen molar-refractivity contribution >= 4 is 5.96 Å². The van der Waals surface area contributed by atoms with Gasteiger partial charge >= 0.3 is 0 Å². The Labute approximate surface area is 155 Å². The molecule has 0 amide bonds. The summed E-state index contributed by atoms with van der Waals surface area (Å²) in [7, 11) is 7.09. The fourth-order valence-electron chi connectivity index (χ4n) is 2.77. The molecule has 0 unspecified atom stereocenters. The van der Waals surface area contributed by atoms with Crippen LogP contribution in [0.1, 0.15) is 22.4 Å². The molecule has 1 aromatic heterocycles. The van der Waals surface area contributed by atoms with E-state index in [1.807, 2.05) is 31.4 Å². The van der Waals surface area contributed by atoms with Crippen LogP contribution in [-0.2, 0) is 13.1 Å². The molecule has 1 heterocycles. The first-order valence-corrected chi connectivity index (χ1v) is 8.54. The number of methoxy groups -OCH3 is 2. The van der Waals surface area contributed by atoms with E-state index >= 15 is 0 Å². The third-order valence-electron chi connectivity index (χ3n) is 4.35. The van der Waals surface area contributed by atoms with Gasteiger partial charge in [0, 0.05) is 26.8 Å². The van der Waals surface area contributed by atoms with Gasteiger partial charge in [-0.1, -0.05) is 6.07 Å². The summed E-state index contributed by atoms with van der Waals surface area (Å²) < 4.78 is 10.8. The molecule has 0 radical (unpaired) electrons. The van der Waals surface area contributed by atoms with E-state index in [1.165, 1.54) is 0 Å². The van der Waals surface area contributed by atoms with E-state index in [0.29, 0.717) is 13.1 Å². The van der Waals surface area contributed by atoms with Gasteiger partial charge in [-0.3, -0.25) is 9.98 Å². The zero-order chi connectivity index (χ0) is 19.1. The van der Waals surface area contributed by atoms with Crippen LogP contribution in [0.4, 0.5) is 0 Å². The molecule has 0 spiro atoms. The highest BCUT2D eigenvalue weighted by Gasteiger charge is 2.13. The lowest BCUT2D eigenvalue weighted by molar-refractivity contribution is 0.353. The Hall–Kier alpha value is -2.76. The van der Waals surface area contributed by atoms with Crippen molar-refractivity contribution in [2.45, 2.75) is 26.9 Å². The van der Waals surface area contributed by atoms with Gasteiger partial charge in [0.15, 0.2) is 17.5 Å². The molecule has 0 saturated carbocycles. The summed E-state index contributed by atoms with van der Waals surface area (Å²) in [6.07, 6.45) is 1.81. The maximum atomic E-state index is 5.42. The number of hydrogen-bond acceptors (Lipinski definition) is 4. The molecule has 0 atom stereocenters. The maximum Gasteiger partial charge on any atom is 0.194 e. The Bertz CT molecular complexity index is 774. The van der Waals surface area contributed by atoms with Crippen molar-refractivity contribution in [1.82, 2.24) is 15.2 Å². The molecule has 0 saturated heterocycles. The van der Waals surface area contributed by atoms with Crippen LogP contribution < -0.4 is 14.8 Å². The summed E-state index contributed by atoms with van der Waals surface area (Å²) >= 11 is 0. The van der Waals surface area contributed by atoms with Gasteiger partial charge in [0.1, 0.15) is 0 Å². The van der Waals surface area contributed by atoms with Gasteiger partial charge in [-0.25, -0.2) is 0 Å². The highest BCUT2D eigenvalue weighted by molar-refractivity contribution is 5.79. The van der Waals surface area contributed by atoms with E-state index in [0.717, 1.165) is 39.8 Å². The smallest absolute Gasteiger partial charge is 0.194 e. The Morgan fingerprint density at radius 3 is 2.46 bits per heavy atom. The second-order valence-electron chi connectivity index (χ2n) is 6.16. The van der Waals surface area contributed by atoms with Gasteiger partial charge < -0.3 is 19.7 Å². The Morgan fingerprint density at radius 1 is 1.15 bits per heavy atom. The van der Waals surface area contributed by atoms with Crippen LogP contribution in [0.2, 0.25) is 0 Å². The summed E-state index contributed by atoms with van der Waals surface area (Å²) in [6.45, 7) is 5.46. The largest absolute Gasteiger partial charge is 0.493 e. The topological polar surface area (TPSA) is 59.0 Å². The Kier molecular flexibility index (Phi) is 6.83. The average molecular weight is 356 g/mol. The molecule has 2 aromatic rings. The molecular formula is C20H28N4O2. The molecular weight excluding hydrogens is 328 g/mol. The molecule has 140 valence electrons. The molecule has 1 aromatic carbocycles. The molecule has 0 fully saturated rings. The zero-order valence-electron chi connectivity index (χ0n) is 16.5. The summed E-state index contributed by atoms with van der Waals surface area (Å²) in [5.41, 5.74) is 4.48. The number of aliphatic imine (C=N–C) groups is 1. The summed E-state index contributed by atoms with van der Waals surface area (Å²) in [6, 6.07) is 8.01. The van der Waals surface area contributed by atoms with Crippen molar-refractivity contribution in [1.29, 1.82) is 0 Å². The lowest BCUT2D eigenvalue weighted by Gasteiger charge is -2.24. The minimum absolute atomic E-state index is 0.634. The standard InChI is InChI=1S/C20H28N4O2/c1-14-8-7-9-22-17(14)12-23-20(21-3)24(4)13-16-11-19(26-6)18(25-5)10-15(16)2/h7-11H,12-13H2,1-6H3,(H,21,23). The molecule has 26 heavy (non-hydrogen) atoms. The molecule has 1 N–H and O–H groups in total. The van der Waals surface area contributed by atoms with Crippen LogP contribution in [-0.4, -0.2) is 44.2 Å². The van der Waals surface area contributed by atoms with Crippen molar-refractivity contribution in [2.75, 3.05) is 28.3 Å². The van der Waals surface area contributed by atoms with Crippen molar-refractivity contribution in [3.05, 3.63) is 52.8 Å². The minimum atomic E-state index is 0.634. The van der Waals surface area contributed by atoms with E-state index in [4.69, 9.17) is 9.47 Å². The molecule has 0 aliphatic carbocycles. The lowest BCUT2D eigenvalue weighted by Crippen LogP contribution is -2.38. The maximum absolute atomic E-state index is 5.42. The number of aromatic nitrogens is 1. The van der Waals surface area contributed by atoms with Crippen molar-refractivity contribution in [3.63, 3.8) is 0 Å². The first-order valence-electron chi connectivity index (χ1n) is 8.54. The third-order valence-corrected chi connectivity index (χ3v) is 4.35. The van der Waals surface area contributed by atoms with E-state index in [-0.39, 0.29) is 0 Å². The number of aryl methyl sites for hydroxylation is 2. The number of pyridine rings is 1. The molecule has 0 aliphatic rings. The Balaban J connectivity index is 2.10. The fraction of sp³-hybridized carbons (Fsp3) is 0.400. The number of rotatable bonds is 6. The molecule has 6 nitrogen and oxygen atoms in total. The van der Waals surface area contributed by atoms with Crippen molar-refractivity contribution < 1.29 is 9.47 Å². The van der Waals surface area contributed by atoms with Crippen molar-refractivity contribution in [3.8, 4) is 11.5 Å². The van der Waals surface area contributed by atoms with Crippen LogP contribution in [0.25, 0.3) is 0 Å². The normalized spacial score (nSPS) is 11.2. The molecule has 2 rings (SSSR count). The van der Waals surface area contributed by atoms with Gasteiger partial charge in [-0.15, -0.1) is 0 Å². The van der Waals surface area contributed by atoms with Crippen LogP contribution in [0.3, 0.4) is 0 Å². The fourth-order valence-corrected chi connectivity index (χ4v) is 2.77. The molecule has 6 heteroatoms. The summed E-state index contributed by atoms with van der Waals surface area (Å²) in [5, 5.41) is 3.37. The SMILES string of the molecule is CN=C(NCc1ncccc1C)N(C)Cc1cc(OC)c(OC)cc1C. The van der Waals surface area contributed by atoms with Gasteiger partial charge in [0.05, 0.1) is 26.5 Å². The number of guanidine groups is 1. The van der Waals surface area contributed by atoms with E-state index in [9.17, 15) is 0 Å². The van der Waals surface area contributed by atoms with E-state index < -0.39 is 0 Å². The van der Waals surface area contributed by atoms with Crippen LogP contribution in [0, 0.1) is 13.8 Å². The highest BCUT2D eigenvalue weighted by atomic mass is 16.5. The molecule has 0 aliphatic heterocycles. The van der Waals surface area contributed by atoms with Gasteiger partial charge in [0.2, 0.25) is 0 Å². The number of nitrogens with one attached hydrogen (secondary N) is 1. The summed E-state index contributed by atoms with van der Waals surface area (Å²) in [4.78, 5) is 10.9. The zero-order valence-corrected chi connectivity index (χ0v) is 16.5. The first kappa shape index (κ1) is 19.6. The second kappa shape index (κ2) is 9.08. The average Bonchev–Trinajstić information content (AvgIpc) is 2.64. The van der Waals surface area contributed by atoms with E-state index in [1.54, 1.807) is 21.3 Å². The van der Waals surface area contributed by atoms with E-state index in [2.05, 4.69) is 40.1 Å². The van der Waals surface area contributed by atoms with Gasteiger partial charge in [-0.2, -0.15) is 0 Å². The second-order valence-corrected chi connectivity index (χ2v) is 6.16. The number of ether oxygens (including phenoxy) is 2. The third kappa shape index (κ3) is 4.65. The predicted molar refractivity (Wildman–Crippen MR) is 105 cm³/mol. The number of benzene rings is 1. The number of nitrogens with zero attached hydrogens (tertiary/aromatic N) is 3. The quantitative estimate of drug-likeness (QED) is 0.637.